The van der Waals surface area contributed by atoms with Gasteiger partial charge in [0.2, 0.25) is 10.0 Å². The van der Waals surface area contributed by atoms with E-state index in [1.807, 2.05) is 22.6 Å². The van der Waals surface area contributed by atoms with Crippen LogP contribution in [-0.2, 0) is 10.0 Å². The molecule has 0 amide bonds. The lowest BCUT2D eigenvalue weighted by Gasteiger charge is -2.21. The van der Waals surface area contributed by atoms with E-state index in [0.29, 0.717) is 16.4 Å². The number of hydrogen-bond donors (Lipinski definition) is 2. The molecule has 5 nitrogen and oxygen atoms in total. The minimum atomic E-state index is -3.98. The van der Waals surface area contributed by atoms with Crippen molar-refractivity contribution in [2.45, 2.75) is 24.0 Å². The molecule has 0 aliphatic heterocycles. The molecule has 1 fully saturated rings. The Hall–Kier alpha value is -1.95. The molecule has 0 saturated heterocycles. The molecule has 0 aromatic heterocycles. The third-order valence-corrected chi connectivity index (χ3v) is 7.58. The Bertz CT molecular complexity index is 1070. The van der Waals surface area contributed by atoms with E-state index in [1.165, 1.54) is 25.3 Å². The Kier molecular flexibility index (Phi) is 6.04. The highest BCUT2D eigenvalue weighted by Gasteiger charge is 2.54. The maximum absolute atomic E-state index is 14.6. The van der Waals surface area contributed by atoms with Crippen molar-refractivity contribution < 1.29 is 26.3 Å². The predicted molar refractivity (Wildman–Crippen MR) is 115 cm³/mol. The van der Waals surface area contributed by atoms with Gasteiger partial charge in [-0.25, -0.2) is 21.6 Å². The number of nitrogens with one attached hydrogen (secondary N) is 2. The topological polar surface area (TPSA) is 67.4 Å². The van der Waals surface area contributed by atoms with Crippen molar-refractivity contribution in [2.75, 3.05) is 17.1 Å². The number of allylic oxidation sites excluding steroid dienone is 1. The molecule has 1 aliphatic rings. The van der Waals surface area contributed by atoms with Gasteiger partial charge in [-0.1, -0.05) is 6.08 Å². The first kappa shape index (κ1) is 21.8. The van der Waals surface area contributed by atoms with Crippen LogP contribution in [0.2, 0.25) is 0 Å². The summed E-state index contributed by atoms with van der Waals surface area (Å²) in [4.78, 5) is 0. The van der Waals surface area contributed by atoms with Gasteiger partial charge in [-0.2, -0.15) is 0 Å². The summed E-state index contributed by atoms with van der Waals surface area (Å²) < 4.78 is 75.8. The average molecular weight is 538 g/mol. The van der Waals surface area contributed by atoms with Gasteiger partial charge in [-0.05, 0) is 60.1 Å². The lowest BCUT2D eigenvalue weighted by Crippen LogP contribution is -2.30. The van der Waals surface area contributed by atoms with E-state index in [2.05, 4.69) is 16.6 Å². The smallest absolute Gasteiger partial charge is 0.238 e. The monoisotopic (exact) mass is 538 g/mol. The predicted octanol–water partition coefficient (Wildman–Crippen LogP) is 5.31. The van der Waals surface area contributed by atoms with Crippen LogP contribution in [0.25, 0.3) is 0 Å². The van der Waals surface area contributed by atoms with Gasteiger partial charge in [0.1, 0.15) is 22.9 Å². The molecule has 10 heteroatoms. The Morgan fingerprint density at radius 1 is 1.21 bits per heavy atom. The van der Waals surface area contributed by atoms with Crippen LogP contribution in [0.1, 0.15) is 19.3 Å². The highest BCUT2D eigenvalue weighted by atomic mass is 127. The molecule has 3 rings (SSSR count). The summed E-state index contributed by atoms with van der Waals surface area (Å²) >= 11 is 1.90. The Morgan fingerprint density at radius 2 is 1.90 bits per heavy atom. The van der Waals surface area contributed by atoms with E-state index in [9.17, 15) is 21.6 Å². The fourth-order valence-corrected chi connectivity index (χ4v) is 5.05. The molecule has 1 aliphatic carbocycles. The first-order valence-electron chi connectivity index (χ1n) is 8.55. The first-order valence-corrected chi connectivity index (χ1v) is 11.1. The molecular weight excluding hydrogens is 520 g/mol. The molecule has 0 unspecified atom stereocenters. The van der Waals surface area contributed by atoms with Crippen molar-refractivity contribution in [3.8, 4) is 5.75 Å². The van der Waals surface area contributed by atoms with Gasteiger partial charge in [0.05, 0.1) is 17.5 Å². The summed E-state index contributed by atoms with van der Waals surface area (Å²) in [5.41, 5.74) is -1.05. The molecular formula is C19H18F3IN2O3S. The number of benzene rings is 2. The molecule has 0 heterocycles. The Balaban J connectivity index is 2.10. The van der Waals surface area contributed by atoms with Gasteiger partial charge in [0.15, 0.2) is 11.6 Å². The van der Waals surface area contributed by atoms with Crippen LogP contribution in [-0.4, -0.2) is 20.3 Å². The highest BCUT2D eigenvalue weighted by Crippen LogP contribution is 2.49. The zero-order chi connectivity index (χ0) is 21.4. The van der Waals surface area contributed by atoms with Gasteiger partial charge in [-0.15, -0.1) is 6.58 Å². The number of sulfonamides is 1. The fourth-order valence-electron chi connectivity index (χ4n) is 2.94. The molecule has 29 heavy (non-hydrogen) atoms. The van der Waals surface area contributed by atoms with E-state index in [4.69, 9.17) is 4.74 Å². The zero-order valence-electron chi connectivity index (χ0n) is 15.4. The summed E-state index contributed by atoms with van der Waals surface area (Å²) in [6.45, 7) is 3.57. The van der Waals surface area contributed by atoms with E-state index >= 15 is 0 Å². The van der Waals surface area contributed by atoms with Gasteiger partial charge >= 0.3 is 0 Å². The second kappa shape index (κ2) is 8.05. The van der Waals surface area contributed by atoms with Gasteiger partial charge < -0.3 is 10.1 Å². The fraction of sp³-hybridized carbons (Fsp3) is 0.263. The van der Waals surface area contributed by atoms with E-state index < -0.39 is 37.9 Å². The minimum absolute atomic E-state index is 0.148. The normalized spacial score (nSPS) is 14.9. The van der Waals surface area contributed by atoms with E-state index in [1.54, 1.807) is 6.07 Å². The van der Waals surface area contributed by atoms with Gasteiger partial charge in [0, 0.05) is 9.64 Å². The number of rotatable bonds is 8. The number of anilines is 3. The number of hydrogen-bond acceptors (Lipinski definition) is 4. The second-order valence-electron chi connectivity index (χ2n) is 6.66. The van der Waals surface area contributed by atoms with Crippen LogP contribution < -0.4 is 14.8 Å². The largest absolute Gasteiger partial charge is 0.494 e. The summed E-state index contributed by atoms with van der Waals surface area (Å²) in [6, 6.07) is 4.83. The van der Waals surface area contributed by atoms with Crippen LogP contribution in [0, 0.1) is 21.0 Å². The molecule has 0 spiro atoms. The van der Waals surface area contributed by atoms with E-state index in [0.717, 1.165) is 6.07 Å². The standard InChI is InChI=1S/C19H18F3IN2O3S/c1-3-6-19(7-8-19)29(26,27)25-17-15(28-2)10-13(21)16(22)18(17)24-14-5-4-11(23)9-12(14)20/h3-5,9-10,24-25H,1,6-8H2,2H3. The van der Waals surface area contributed by atoms with Crippen LogP contribution >= 0.6 is 22.6 Å². The Morgan fingerprint density at radius 3 is 2.45 bits per heavy atom. The minimum Gasteiger partial charge on any atom is -0.494 e. The second-order valence-corrected chi connectivity index (χ2v) is 9.98. The number of halogens is 4. The SMILES string of the molecule is C=CCC1(S(=O)(=O)Nc2c(OC)cc(F)c(F)c2Nc2ccc(I)cc2F)CC1. The molecule has 0 bridgehead atoms. The van der Waals surface area contributed by atoms with Crippen molar-refractivity contribution >= 4 is 49.7 Å². The maximum atomic E-state index is 14.6. The van der Waals surface area contributed by atoms with Crippen LogP contribution in [0.3, 0.4) is 0 Å². The van der Waals surface area contributed by atoms with Gasteiger partial charge in [-0.3, -0.25) is 4.72 Å². The summed E-state index contributed by atoms with van der Waals surface area (Å²) in [7, 11) is -2.79. The van der Waals surface area contributed by atoms with Crippen molar-refractivity contribution in [1.29, 1.82) is 0 Å². The van der Waals surface area contributed by atoms with Crippen LogP contribution in [0.5, 0.6) is 5.75 Å². The van der Waals surface area contributed by atoms with Crippen molar-refractivity contribution in [3.63, 3.8) is 0 Å². The van der Waals surface area contributed by atoms with E-state index in [-0.39, 0.29) is 23.5 Å². The van der Waals surface area contributed by atoms with Gasteiger partial charge in [0.25, 0.3) is 0 Å². The van der Waals surface area contributed by atoms with Crippen molar-refractivity contribution in [1.82, 2.24) is 0 Å². The van der Waals surface area contributed by atoms with Crippen molar-refractivity contribution in [2.24, 2.45) is 0 Å². The number of ether oxygens (including phenoxy) is 1. The summed E-state index contributed by atoms with van der Waals surface area (Å²) in [5, 5.41) is 2.46. The third-order valence-electron chi connectivity index (χ3n) is 4.72. The van der Waals surface area contributed by atoms with Crippen molar-refractivity contribution in [3.05, 3.63) is 57.9 Å². The summed E-state index contributed by atoms with van der Waals surface area (Å²) in [6.07, 6.45) is 2.53. The van der Waals surface area contributed by atoms with Crippen LogP contribution in [0.4, 0.5) is 30.2 Å². The molecule has 2 aromatic rings. The number of methoxy groups -OCH3 is 1. The molecule has 0 atom stereocenters. The molecule has 156 valence electrons. The zero-order valence-corrected chi connectivity index (χ0v) is 18.3. The lowest BCUT2D eigenvalue weighted by molar-refractivity contribution is 0.409. The Labute approximate surface area is 180 Å². The lowest BCUT2D eigenvalue weighted by atomic mass is 10.2. The first-order chi connectivity index (χ1) is 13.6. The molecule has 2 N–H and O–H groups in total. The highest BCUT2D eigenvalue weighted by molar-refractivity contribution is 14.1. The quantitative estimate of drug-likeness (QED) is 0.353. The summed E-state index contributed by atoms with van der Waals surface area (Å²) in [5.74, 6) is -3.59. The van der Waals surface area contributed by atoms with Crippen LogP contribution in [0.15, 0.2) is 36.9 Å². The maximum Gasteiger partial charge on any atom is 0.238 e. The third kappa shape index (κ3) is 4.18. The average Bonchev–Trinajstić information content (AvgIpc) is 3.44. The molecule has 2 aromatic carbocycles. The molecule has 0 radical (unpaired) electrons. The molecule has 1 saturated carbocycles.